The topological polar surface area (TPSA) is 33.2 Å². The van der Waals surface area contributed by atoms with Crippen LogP contribution in [0.5, 0.6) is 0 Å². The summed E-state index contributed by atoms with van der Waals surface area (Å²) in [5, 5.41) is 3.37. The highest BCUT2D eigenvalue weighted by atomic mass is 32.1. The number of Topliss-reactive ketones (excluding diaryl/α,β-unsaturated/α-hetero) is 1. The van der Waals surface area contributed by atoms with Crippen molar-refractivity contribution in [3.63, 3.8) is 0 Å². The molecule has 0 N–H and O–H groups in total. The molecular formula is C34H52N2OS. The molecule has 1 aromatic heterocycles. The van der Waals surface area contributed by atoms with Gasteiger partial charge in [-0.2, -0.15) is 0 Å². The van der Waals surface area contributed by atoms with Crippen LogP contribution in [0.1, 0.15) is 90.3 Å². The van der Waals surface area contributed by atoms with E-state index in [0.717, 1.165) is 57.1 Å². The molecule has 0 spiro atoms. The normalized spacial score (nSPS) is 14.3. The Bertz CT molecular complexity index is 1000. The molecule has 1 heterocycles. The standard InChI is InChI=1S/C34H52N2OS/c1-9-34-35-32(26-38-34)18-10-11-19-33(37)25-31(6)24-30(5)17-13-15-27(2)14-12-16-28(3)20-21-29(4)22-23-36(7)8/h13,15-17,20-22,26,31H,2,9-12,14,18-19,23-25H2,1,3-8H3/b15-13-,21-20+,28-16+,29-22+,30-17+. The maximum Gasteiger partial charge on any atom is 0.133 e. The molecule has 0 aliphatic carbocycles. The summed E-state index contributed by atoms with van der Waals surface area (Å²) in [7, 11) is 4.16. The summed E-state index contributed by atoms with van der Waals surface area (Å²) in [4.78, 5) is 19.2. The summed E-state index contributed by atoms with van der Waals surface area (Å²) in [6.07, 6.45) is 23.5. The zero-order chi connectivity index (χ0) is 28.3. The Morgan fingerprint density at radius 3 is 2.42 bits per heavy atom. The van der Waals surface area contributed by atoms with Gasteiger partial charge in [0.1, 0.15) is 5.78 Å². The number of hydrogen-bond acceptors (Lipinski definition) is 4. The number of ketones is 1. The van der Waals surface area contributed by atoms with Gasteiger partial charge in [-0.05, 0) is 85.7 Å². The summed E-state index contributed by atoms with van der Waals surface area (Å²) < 4.78 is 0. The fourth-order valence-corrected chi connectivity index (χ4v) is 4.86. The lowest BCUT2D eigenvalue weighted by Crippen LogP contribution is -2.10. The lowest BCUT2D eigenvalue weighted by atomic mass is 9.94. The molecule has 4 heteroatoms. The smallest absolute Gasteiger partial charge is 0.133 e. The highest BCUT2D eigenvalue weighted by Gasteiger charge is 2.10. The van der Waals surface area contributed by atoms with Crippen LogP contribution in [0.2, 0.25) is 0 Å². The fraction of sp³-hybridized carbons (Fsp3) is 0.529. The summed E-state index contributed by atoms with van der Waals surface area (Å²) in [5.74, 6) is 0.767. The summed E-state index contributed by atoms with van der Waals surface area (Å²) in [6, 6.07) is 0. The summed E-state index contributed by atoms with van der Waals surface area (Å²) in [5.41, 5.74) is 6.19. The second-order valence-corrected chi connectivity index (χ2v) is 11.8. The van der Waals surface area contributed by atoms with E-state index in [1.165, 1.54) is 27.4 Å². The van der Waals surface area contributed by atoms with Crippen LogP contribution in [0.4, 0.5) is 0 Å². The van der Waals surface area contributed by atoms with Crippen LogP contribution in [0.3, 0.4) is 0 Å². The van der Waals surface area contributed by atoms with Crippen molar-refractivity contribution in [1.29, 1.82) is 0 Å². The molecule has 0 radical (unpaired) electrons. The Morgan fingerprint density at radius 2 is 1.76 bits per heavy atom. The number of carbonyl (C=O) groups excluding carboxylic acids is 1. The van der Waals surface area contributed by atoms with Gasteiger partial charge in [0.15, 0.2) is 0 Å². The molecule has 0 aliphatic heterocycles. The number of allylic oxidation sites excluding steroid dienone is 10. The fourth-order valence-electron chi connectivity index (χ4n) is 4.08. The molecule has 0 saturated carbocycles. The largest absolute Gasteiger partial charge is 0.306 e. The van der Waals surface area contributed by atoms with Crippen molar-refractivity contribution >= 4 is 17.1 Å². The lowest BCUT2D eigenvalue weighted by molar-refractivity contribution is -0.119. The van der Waals surface area contributed by atoms with Crippen molar-refractivity contribution in [3.05, 3.63) is 87.5 Å². The quantitative estimate of drug-likeness (QED) is 0.130. The predicted octanol–water partition coefficient (Wildman–Crippen LogP) is 9.25. The van der Waals surface area contributed by atoms with Crippen molar-refractivity contribution in [1.82, 2.24) is 9.88 Å². The lowest BCUT2D eigenvalue weighted by Gasteiger charge is -2.10. The van der Waals surface area contributed by atoms with Crippen LogP contribution in [0, 0.1) is 5.92 Å². The molecule has 1 aromatic rings. The minimum absolute atomic E-state index is 0.378. The van der Waals surface area contributed by atoms with Crippen LogP contribution >= 0.6 is 11.3 Å². The Morgan fingerprint density at radius 1 is 1.05 bits per heavy atom. The Hall–Kier alpha value is -2.30. The van der Waals surface area contributed by atoms with Gasteiger partial charge < -0.3 is 4.90 Å². The van der Waals surface area contributed by atoms with E-state index in [1.807, 2.05) is 0 Å². The summed E-state index contributed by atoms with van der Waals surface area (Å²) >= 11 is 1.74. The second kappa shape index (κ2) is 19.7. The molecule has 0 aliphatic rings. The van der Waals surface area contributed by atoms with E-state index in [-0.39, 0.29) is 0 Å². The molecule has 0 bridgehead atoms. The Balaban J connectivity index is 2.28. The van der Waals surface area contributed by atoms with Crippen molar-refractivity contribution in [2.75, 3.05) is 20.6 Å². The van der Waals surface area contributed by atoms with E-state index in [1.54, 1.807) is 11.3 Å². The molecule has 38 heavy (non-hydrogen) atoms. The third kappa shape index (κ3) is 17.3. The molecular weight excluding hydrogens is 484 g/mol. The SMILES string of the molecule is C=C(/C=C\C=C(/C)CC(C)CC(=O)CCCCc1csc(CC)n1)CC/C=C(C)/C=C/C(C)=C/CN(C)C. The predicted molar refractivity (Wildman–Crippen MR) is 169 cm³/mol. The van der Waals surface area contributed by atoms with Crippen molar-refractivity contribution < 1.29 is 4.79 Å². The van der Waals surface area contributed by atoms with Gasteiger partial charge in [-0.1, -0.05) is 85.3 Å². The van der Waals surface area contributed by atoms with Gasteiger partial charge in [-0.25, -0.2) is 4.98 Å². The molecule has 0 amide bonds. The molecule has 0 fully saturated rings. The van der Waals surface area contributed by atoms with Crippen LogP contribution in [0.25, 0.3) is 0 Å². The highest BCUT2D eigenvalue weighted by Crippen LogP contribution is 2.18. The first-order valence-corrected chi connectivity index (χ1v) is 15.1. The molecule has 1 unspecified atom stereocenters. The van der Waals surface area contributed by atoms with E-state index >= 15 is 0 Å². The number of aromatic nitrogens is 1. The Labute approximate surface area is 237 Å². The van der Waals surface area contributed by atoms with Crippen LogP contribution in [-0.2, 0) is 17.6 Å². The highest BCUT2D eigenvalue weighted by molar-refractivity contribution is 7.09. The van der Waals surface area contributed by atoms with E-state index in [4.69, 9.17) is 0 Å². The molecule has 1 atom stereocenters. The number of hydrogen-bond donors (Lipinski definition) is 0. The molecule has 0 saturated heterocycles. The number of nitrogens with zero attached hydrogens (tertiary/aromatic N) is 2. The van der Waals surface area contributed by atoms with Crippen molar-refractivity contribution in [2.24, 2.45) is 5.92 Å². The van der Waals surface area contributed by atoms with Crippen LogP contribution in [-0.4, -0.2) is 36.3 Å². The number of thiazole rings is 1. The first kappa shape index (κ1) is 33.7. The molecule has 0 aromatic carbocycles. The number of rotatable bonds is 19. The van der Waals surface area contributed by atoms with Gasteiger partial charge in [-0.15, -0.1) is 11.3 Å². The number of carbonyl (C=O) groups is 1. The minimum atomic E-state index is 0.378. The van der Waals surface area contributed by atoms with E-state index in [9.17, 15) is 4.79 Å². The number of unbranched alkanes of at least 4 members (excludes halogenated alkanes) is 1. The monoisotopic (exact) mass is 536 g/mol. The third-order valence-corrected chi connectivity index (χ3v) is 7.36. The van der Waals surface area contributed by atoms with Crippen molar-refractivity contribution in [2.45, 2.75) is 92.4 Å². The van der Waals surface area contributed by atoms with Gasteiger partial charge in [0.2, 0.25) is 0 Å². The van der Waals surface area contributed by atoms with Gasteiger partial charge in [0, 0.05) is 24.8 Å². The minimum Gasteiger partial charge on any atom is -0.306 e. The van der Waals surface area contributed by atoms with Crippen LogP contribution in [0.15, 0.2) is 76.8 Å². The maximum atomic E-state index is 12.4. The zero-order valence-corrected chi connectivity index (χ0v) is 26.0. The van der Waals surface area contributed by atoms with Gasteiger partial charge in [0.25, 0.3) is 0 Å². The average molecular weight is 537 g/mol. The van der Waals surface area contributed by atoms with Gasteiger partial charge in [-0.3, -0.25) is 4.79 Å². The Kier molecular flexibility index (Phi) is 17.5. The van der Waals surface area contributed by atoms with Crippen molar-refractivity contribution in [3.8, 4) is 0 Å². The van der Waals surface area contributed by atoms with Gasteiger partial charge in [0.05, 0.1) is 10.7 Å². The van der Waals surface area contributed by atoms with E-state index in [0.29, 0.717) is 24.5 Å². The van der Waals surface area contributed by atoms with E-state index in [2.05, 4.69) is 113 Å². The molecule has 210 valence electrons. The number of aryl methyl sites for hydroxylation is 2. The molecule has 1 rings (SSSR count). The first-order chi connectivity index (χ1) is 18.1. The van der Waals surface area contributed by atoms with Crippen LogP contribution < -0.4 is 0 Å². The molecule has 3 nitrogen and oxygen atoms in total. The van der Waals surface area contributed by atoms with Gasteiger partial charge >= 0.3 is 0 Å². The maximum absolute atomic E-state index is 12.4. The second-order valence-electron chi connectivity index (χ2n) is 10.9. The zero-order valence-electron chi connectivity index (χ0n) is 25.2. The number of likely N-dealkylation sites (N-methyl/N-ethyl adjacent to an activating group) is 1. The first-order valence-electron chi connectivity index (χ1n) is 14.2. The average Bonchev–Trinajstić information content (AvgIpc) is 3.32. The third-order valence-electron chi connectivity index (χ3n) is 6.32. The summed E-state index contributed by atoms with van der Waals surface area (Å²) in [6.45, 7) is 15.9. The van der Waals surface area contributed by atoms with E-state index < -0.39 is 0 Å².